The molecule has 0 atom stereocenters. The molecule has 3 aromatic rings. The van der Waals surface area contributed by atoms with Crippen LogP contribution >= 0.6 is 0 Å². The van der Waals surface area contributed by atoms with Crippen molar-refractivity contribution < 1.29 is 17.9 Å². The van der Waals surface area contributed by atoms with Crippen LogP contribution in [0, 0.1) is 12.3 Å². The molecule has 1 saturated carbocycles. The van der Waals surface area contributed by atoms with E-state index in [1.807, 2.05) is 37.5 Å². The van der Waals surface area contributed by atoms with Crippen molar-refractivity contribution in [2.75, 3.05) is 13.3 Å². The van der Waals surface area contributed by atoms with Crippen LogP contribution in [0.1, 0.15) is 29.8 Å². The Labute approximate surface area is 179 Å². The van der Waals surface area contributed by atoms with Gasteiger partial charge >= 0.3 is 6.18 Å². The predicted octanol–water partition coefficient (Wildman–Crippen LogP) is 5.51. The molecule has 0 unspecified atom stereocenters. The molecule has 4 nitrogen and oxygen atoms in total. The lowest BCUT2D eigenvalue weighted by Gasteiger charge is -2.32. The van der Waals surface area contributed by atoms with Gasteiger partial charge in [0.05, 0.1) is 5.56 Å². The van der Waals surface area contributed by atoms with Gasteiger partial charge in [-0.05, 0) is 55.2 Å². The summed E-state index contributed by atoms with van der Waals surface area (Å²) in [6.07, 6.45) is 1.94. The van der Waals surface area contributed by atoms with Crippen molar-refractivity contribution in [3.8, 4) is 16.9 Å². The van der Waals surface area contributed by atoms with Gasteiger partial charge in [-0.3, -0.25) is 4.90 Å². The number of imidazole rings is 1. The Kier molecular flexibility index (Phi) is 4.81. The van der Waals surface area contributed by atoms with Gasteiger partial charge < -0.3 is 9.30 Å². The summed E-state index contributed by atoms with van der Waals surface area (Å²) in [5.41, 5.74) is 2.36. The summed E-state index contributed by atoms with van der Waals surface area (Å²) in [5.74, 6) is 1.88. The highest BCUT2D eigenvalue weighted by Crippen LogP contribution is 2.48. The van der Waals surface area contributed by atoms with Crippen LogP contribution in [0.5, 0.6) is 5.75 Å². The lowest BCUT2D eigenvalue weighted by molar-refractivity contribution is -0.137. The number of hydrogen-bond acceptors (Lipinski definition) is 3. The van der Waals surface area contributed by atoms with Gasteiger partial charge in [0, 0.05) is 43.0 Å². The van der Waals surface area contributed by atoms with Crippen LogP contribution in [-0.2, 0) is 19.3 Å². The molecule has 0 bridgehead atoms. The maximum atomic E-state index is 12.8. The fraction of sp³-hybridized carbons (Fsp3) is 0.375. The van der Waals surface area contributed by atoms with E-state index in [9.17, 15) is 13.2 Å². The molecule has 31 heavy (non-hydrogen) atoms. The maximum Gasteiger partial charge on any atom is 0.416 e. The standard InChI is InChI=1S/C24H24F3N3O/c1-17-28-10-11-30(17)15-23(8-9-23)14-29-13-20-12-19(4-7-22(20)31-16-29)18-2-5-21(6-3-18)24(25,26)27/h2-7,10-12H,8-9,13-16H2,1H3. The fourth-order valence-electron chi connectivity index (χ4n) is 4.37. The molecule has 0 saturated heterocycles. The molecule has 2 aromatic carbocycles. The van der Waals surface area contributed by atoms with Crippen molar-refractivity contribution in [2.24, 2.45) is 5.41 Å². The zero-order valence-electron chi connectivity index (χ0n) is 17.3. The number of aryl methyl sites for hydroxylation is 1. The number of hydrogen-bond donors (Lipinski definition) is 0. The van der Waals surface area contributed by atoms with E-state index in [0.29, 0.717) is 6.73 Å². The van der Waals surface area contributed by atoms with Gasteiger partial charge in [-0.15, -0.1) is 0 Å². The molecule has 162 valence electrons. The summed E-state index contributed by atoms with van der Waals surface area (Å²) in [4.78, 5) is 6.64. The Bertz CT molecular complexity index is 1080. The second kappa shape index (κ2) is 7.41. The van der Waals surface area contributed by atoms with Crippen molar-refractivity contribution in [3.05, 3.63) is 71.8 Å². The summed E-state index contributed by atoms with van der Waals surface area (Å²) in [7, 11) is 0. The average Bonchev–Trinajstić information content (AvgIpc) is 3.38. The molecule has 0 N–H and O–H groups in total. The normalized spacial score (nSPS) is 17.8. The first kappa shape index (κ1) is 20.1. The van der Waals surface area contributed by atoms with E-state index in [4.69, 9.17) is 4.74 Å². The zero-order chi connectivity index (χ0) is 21.6. The van der Waals surface area contributed by atoms with Gasteiger partial charge in [-0.2, -0.15) is 13.2 Å². The van der Waals surface area contributed by atoms with Gasteiger partial charge in [0.1, 0.15) is 18.3 Å². The molecule has 1 aliphatic carbocycles. The topological polar surface area (TPSA) is 30.3 Å². The van der Waals surface area contributed by atoms with Crippen molar-refractivity contribution in [1.29, 1.82) is 0 Å². The predicted molar refractivity (Wildman–Crippen MR) is 111 cm³/mol. The van der Waals surface area contributed by atoms with E-state index >= 15 is 0 Å². The molecule has 2 aliphatic rings. The molecule has 5 rings (SSSR count). The quantitative estimate of drug-likeness (QED) is 0.538. The fourth-order valence-corrected chi connectivity index (χ4v) is 4.37. The Morgan fingerprint density at radius 1 is 1.03 bits per heavy atom. The summed E-state index contributed by atoms with van der Waals surface area (Å²) in [5, 5.41) is 0. The van der Waals surface area contributed by atoms with E-state index < -0.39 is 11.7 Å². The molecule has 1 aromatic heterocycles. The minimum Gasteiger partial charge on any atom is -0.478 e. The first-order valence-electron chi connectivity index (χ1n) is 10.4. The summed E-state index contributed by atoms with van der Waals surface area (Å²) < 4.78 is 46.7. The van der Waals surface area contributed by atoms with Crippen LogP contribution < -0.4 is 4.74 Å². The van der Waals surface area contributed by atoms with Crippen molar-refractivity contribution in [3.63, 3.8) is 0 Å². The summed E-state index contributed by atoms with van der Waals surface area (Å²) >= 11 is 0. The van der Waals surface area contributed by atoms with Crippen LogP contribution in [0.15, 0.2) is 54.9 Å². The summed E-state index contributed by atoms with van der Waals surface area (Å²) in [6, 6.07) is 11.2. The molecule has 1 fully saturated rings. The van der Waals surface area contributed by atoms with Gasteiger partial charge in [-0.25, -0.2) is 4.98 Å². The zero-order valence-corrected chi connectivity index (χ0v) is 17.3. The number of alkyl halides is 3. The number of rotatable bonds is 5. The van der Waals surface area contributed by atoms with Crippen LogP contribution in [0.3, 0.4) is 0 Å². The molecular formula is C24H24F3N3O. The van der Waals surface area contributed by atoms with Crippen LogP contribution in [-0.4, -0.2) is 27.7 Å². The van der Waals surface area contributed by atoms with Gasteiger partial charge in [0.25, 0.3) is 0 Å². The van der Waals surface area contributed by atoms with Crippen LogP contribution in [0.2, 0.25) is 0 Å². The maximum absolute atomic E-state index is 12.8. The smallest absolute Gasteiger partial charge is 0.416 e. The van der Waals surface area contributed by atoms with E-state index in [2.05, 4.69) is 14.5 Å². The molecule has 1 aliphatic heterocycles. The summed E-state index contributed by atoms with van der Waals surface area (Å²) in [6.45, 7) is 5.27. The highest BCUT2D eigenvalue weighted by molar-refractivity contribution is 5.66. The second-order valence-corrected chi connectivity index (χ2v) is 8.76. The number of aromatic nitrogens is 2. The Morgan fingerprint density at radius 2 is 1.77 bits per heavy atom. The number of benzene rings is 2. The Balaban J connectivity index is 1.30. The highest BCUT2D eigenvalue weighted by Gasteiger charge is 2.44. The largest absolute Gasteiger partial charge is 0.478 e. The number of fused-ring (bicyclic) bond motifs is 1. The third-order valence-electron chi connectivity index (χ3n) is 6.35. The molecule has 7 heteroatoms. The third kappa shape index (κ3) is 4.19. The number of nitrogens with zero attached hydrogens (tertiary/aromatic N) is 3. The molecule has 0 radical (unpaired) electrons. The van der Waals surface area contributed by atoms with Crippen molar-refractivity contribution in [1.82, 2.24) is 14.5 Å². The molecular weight excluding hydrogens is 403 g/mol. The van der Waals surface area contributed by atoms with Gasteiger partial charge in [0.2, 0.25) is 0 Å². The lowest BCUT2D eigenvalue weighted by atomic mass is 10.00. The third-order valence-corrected chi connectivity index (χ3v) is 6.35. The lowest BCUT2D eigenvalue weighted by Crippen LogP contribution is -2.37. The number of halogens is 3. The van der Waals surface area contributed by atoms with Gasteiger partial charge in [-0.1, -0.05) is 18.2 Å². The first-order valence-corrected chi connectivity index (χ1v) is 10.4. The minimum absolute atomic E-state index is 0.261. The van der Waals surface area contributed by atoms with E-state index in [-0.39, 0.29) is 5.41 Å². The van der Waals surface area contributed by atoms with Crippen molar-refractivity contribution in [2.45, 2.75) is 39.0 Å². The monoisotopic (exact) mass is 427 g/mol. The molecule has 0 amide bonds. The Morgan fingerprint density at radius 3 is 2.42 bits per heavy atom. The van der Waals surface area contributed by atoms with Gasteiger partial charge in [0.15, 0.2) is 0 Å². The molecule has 2 heterocycles. The highest BCUT2D eigenvalue weighted by atomic mass is 19.4. The van der Waals surface area contributed by atoms with E-state index in [1.165, 1.54) is 25.0 Å². The number of ether oxygens (including phenoxy) is 1. The average molecular weight is 427 g/mol. The van der Waals surface area contributed by atoms with Crippen LogP contribution in [0.4, 0.5) is 13.2 Å². The van der Waals surface area contributed by atoms with E-state index in [0.717, 1.165) is 60.0 Å². The minimum atomic E-state index is -4.32. The molecule has 0 spiro atoms. The van der Waals surface area contributed by atoms with Crippen LogP contribution in [0.25, 0.3) is 11.1 Å². The van der Waals surface area contributed by atoms with Crippen molar-refractivity contribution >= 4 is 0 Å². The second-order valence-electron chi connectivity index (χ2n) is 8.76. The van der Waals surface area contributed by atoms with E-state index in [1.54, 1.807) is 0 Å². The Hall–Kier alpha value is -2.80. The first-order chi connectivity index (χ1) is 14.8. The SMILES string of the molecule is Cc1nccn1CC1(CN2COc3ccc(-c4ccc(C(F)(F)F)cc4)cc3C2)CC1.